The van der Waals surface area contributed by atoms with Gasteiger partial charge in [0, 0.05) is 22.2 Å². The van der Waals surface area contributed by atoms with Gasteiger partial charge >= 0.3 is 5.97 Å². The molecule has 2 aromatic carbocycles. The number of fused-ring (bicyclic) bond motifs is 4. The van der Waals surface area contributed by atoms with E-state index in [0.717, 1.165) is 0 Å². The molecule has 0 amide bonds. The lowest BCUT2D eigenvalue weighted by Crippen LogP contribution is -2.13. The molecule has 0 radical (unpaired) electrons. The molecular weight excluding hydrogens is 465 g/mol. The number of nitrogens with one attached hydrogen (secondary N) is 1. The van der Waals surface area contributed by atoms with Gasteiger partial charge in [0.15, 0.2) is 5.58 Å². The number of furan rings is 1. The maximum absolute atomic E-state index is 15.0. The largest absolute Gasteiger partial charge is 0.477 e. The molecule has 2 N–H and O–H groups in total. The van der Waals surface area contributed by atoms with Crippen molar-refractivity contribution in [2.45, 2.75) is 6.54 Å². The van der Waals surface area contributed by atoms with E-state index in [1.54, 1.807) is 18.2 Å². The fraction of sp³-hybridized carbons (Fsp3) is 0.0417. The van der Waals surface area contributed by atoms with Crippen LogP contribution in [0.2, 0.25) is 5.02 Å². The third kappa shape index (κ3) is 2.87. The molecule has 0 unspecified atom stereocenters. The van der Waals surface area contributed by atoms with Gasteiger partial charge in [-0.25, -0.2) is 9.18 Å². The van der Waals surface area contributed by atoms with Gasteiger partial charge in [-0.3, -0.25) is 4.79 Å². The summed E-state index contributed by atoms with van der Waals surface area (Å²) in [5.74, 6) is -1.89. The number of H-pyrrole nitrogens is 1. The second kappa shape index (κ2) is 7.32. The Morgan fingerprint density at radius 3 is 2.91 bits per heavy atom. The highest BCUT2D eigenvalue weighted by Crippen LogP contribution is 2.40. The van der Waals surface area contributed by atoms with Gasteiger partial charge in [0.25, 0.3) is 5.56 Å². The summed E-state index contributed by atoms with van der Waals surface area (Å²) in [4.78, 5) is 27.9. The van der Waals surface area contributed by atoms with Crippen LogP contribution in [0.3, 0.4) is 0 Å². The van der Waals surface area contributed by atoms with Gasteiger partial charge in [0.05, 0.1) is 40.9 Å². The maximum atomic E-state index is 15.0. The van der Waals surface area contributed by atoms with E-state index in [0.29, 0.717) is 26.9 Å². The van der Waals surface area contributed by atoms with E-state index in [4.69, 9.17) is 20.5 Å². The number of halogens is 2. The topological polar surface area (TPSA) is 114 Å². The molecule has 34 heavy (non-hydrogen) atoms. The van der Waals surface area contributed by atoms with Gasteiger partial charge in [0.2, 0.25) is 0 Å². The molecule has 6 rings (SSSR count). The van der Waals surface area contributed by atoms with Crippen LogP contribution in [0.4, 0.5) is 4.39 Å². The summed E-state index contributed by atoms with van der Waals surface area (Å²) in [7, 11) is 0. The first-order valence-corrected chi connectivity index (χ1v) is 10.5. The molecule has 0 saturated heterocycles. The van der Waals surface area contributed by atoms with Gasteiger partial charge in [0.1, 0.15) is 17.1 Å². The highest BCUT2D eigenvalue weighted by Gasteiger charge is 2.29. The fourth-order valence-electron chi connectivity index (χ4n) is 4.40. The summed E-state index contributed by atoms with van der Waals surface area (Å²) in [6, 6.07) is 9.10. The smallest absolute Gasteiger partial charge is 0.353 e. The Kier molecular flexibility index (Phi) is 4.36. The Bertz CT molecular complexity index is 1830. The molecule has 4 aromatic heterocycles. The average Bonchev–Trinajstić information content (AvgIpc) is 3.52. The minimum atomic E-state index is -1.30. The van der Waals surface area contributed by atoms with Crippen molar-refractivity contribution in [3.05, 3.63) is 87.5 Å². The van der Waals surface area contributed by atoms with E-state index in [2.05, 4.69) is 10.1 Å². The number of rotatable bonds is 4. The molecule has 0 aliphatic heterocycles. The number of carboxylic acids is 1. The van der Waals surface area contributed by atoms with Gasteiger partial charge in [-0.2, -0.15) is 0 Å². The Hall–Kier alpha value is -4.37. The van der Waals surface area contributed by atoms with Crippen molar-refractivity contribution in [2.24, 2.45) is 0 Å². The molecule has 0 spiro atoms. The van der Waals surface area contributed by atoms with Crippen molar-refractivity contribution in [3.63, 3.8) is 0 Å². The number of aromatic nitrogens is 3. The number of benzene rings is 2. The molecule has 6 aromatic rings. The van der Waals surface area contributed by atoms with E-state index in [9.17, 15) is 19.1 Å². The molecule has 0 atom stereocenters. The SMILES string of the molecule is O=C(O)c1c(-c2ccc[nH]c2=O)c2c3occc3c(F)cc2n1Cc1cc2oncc2cc1Cl. The van der Waals surface area contributed by atoms with E-state index in [1.165, 1.54) is 41.4 Å². The molecule has 0 saturated carbocycles. The lowest BCUT2D eigenvalue weighted by atomic mass is 10.0. The number of pyridine rings is 1. The molecule has 168 valence electrons. The normalized spacial score (nSPS) is 11.7. The van der Waals surface area contributed by atoms with Crippen LogP contribution in [0.15, 0.2) is 68.8 Å². The van der Waals surface area contributed by atoms with Crippen LogP contribution in [0.25, 0.3) is 44.0 Å². The molecule has 0 bridgehead atoms. The highest BCUT2D eigenvalue weighted by molar-refractivity contribution is 6.32. The second-order valence-electron chi connectivity index (χ2n) is 7.75. The monoisotopic (exact) mass is 477 g/mol. The molecule has 8 nitrogen and oxygen atoms in total. The Balaban J connectivity index is 1.75. The van der Waals surface area contributed by atoms with Crippen molar-refractivity contribution in [1.82, 2.24) is 14.7 Å². The van der Waals surface area contributed by atoms with Crippen LogP contribution in [0, 0.1) is 5.82 Å². The minimum Gasteiger partial charge on any atom is -0.477 e. The third-order valence-electron chi connectivity index (χ3n) is 5.86. The number of carboxylic acid groups (broad SMARTS) is 1. The fourth-order valence-corrected chi connectivity index (χ4v) is 4.63. The molecule has 10 heteroatoms. The summed E-state index contributed by atoms with van der Waals surface area (Å²) in [6.07, 6.45) is 4.28. The van der Waals surface area contributed by atoms with Gasteiger partial charge < -0.3 is 23.6 Å². The maximum Gasteiger partial charge on any atom is 0.353 e. The van der Waals surface area contributed by atoms with E-state index in [1.807, 2.05) is 0 Å². The van der Waals surface area contributed by atoms with Crippen LogP contribution in [-0.4, -0.2) is 25.8 Å². The number of aromatic carboxylic acids is 1. The molecule has 0 aliphatic carbocycles. The zero-order chi connectivity index (χ0) is 23.6. The van der Waals surface area contributed by atoms with Crippen molar-refractivity contribution >= 4 is 50.4 Å². The summed E-state index contributed by atoms with van der Waals surface area (Å²) in [6.45, 7) is -0.0377. The Morgan fingerprint density at radius 2 is 2.12 bits per heavy atom. The molecule has 0 aliphatic rings. The van der Waals surface area contributed by atoms with E-state index < -0.39 is 17.3 Å². The van der Waals surface area contributed by atoms with Crippen LogP contribution in [-0.2, 0) is 6.54 Å². The lowest BCUT2D eigenvalue weighted by molar-refractivity contribution is 0.0687. The zero-order valence-corrected chi connectivity index (χ0v) is 17.9. The first-order valence-electron chi connectivity index (χ1n) is 10.1. The number of hydrogen-bond acceptors (Lipinski definition) is 5. The molecule has 4 heterocycles. The minimum absolute atomic E-state index is 0.0377. The van der Waals surface area contributed by atoms with Crippen molar-refractivity contribution in [3.8, 4) is 11.1 Å². The Morgan fingerprint density at radius 1 is 1.26 bits per heavy atom. The van der Waals surface area contributed by atoms with Crippen molar-refractivity contribution < 1.29 is 23.2 Å². The number of carbonyl (C=O) groups is 1. The quantitative estimate of drug-likeness (QED) is 0.350. The second-order valence-corrected chi connectivity index (χ2v) is 8.16. The molecular formula is C24H13ClFN3O5. The van der Waals surface area contributed by atoms with Gasteiger partial charge in [-0.15, -0.1) is 0 Å². The predicted octanol–water partition coefficient (Wildman–Crippen LogP) is 5.42. The standard InChI is InChI=1S/C24H13ClFN3O5/c25-15-6-11-9-28-34-18(11)7-12(15)10-29-17-8-16(26)13-3-5-33-22(13)20(17)19(21(29)24(31)32)14-2-1-4-27-23(14)30/h1-9H,10H2,(H,27,30)(H,31,32). The van der Waals surface area contributed by atoms with E-state index in [-0.39, 0.29) is 39.9 Å². The van der Waals surface area contributed by atoms with Gasteiger partial charge in [-0.1, -0.05) is 16.8 Å². The zero-order valence-electron chi connectivity index (χ0n) is 17.1. The number of hydrogen-bond donors (Lipinski definition) is 2. The van der Waals surface area contributed by atoms with Crippen molar-refractivity contribution in [2.75, 3.05) is 0 Å². The highest BCUT2D eigenvalue weighted by atomic mass is 35.5. The lowest BCUT2D eigenvalue weighted by Gasteiger charge is -2.11. The predicted molar refractivity (Wildman–Crippen MR) is 123 cm³/mol. The number of aromatic amines is 1. The average molecular weight is 478 g/mol. The third-order valence-corrected chi connectivity index (χ3v) is 6.21. The Labute approximate surface area is 193 Å². The summed E-state index contributed by atoms with van der Waals surface area (Å²) in [5, 5.41) is 15.5. The molecule has 0 fully saturated rings. The van der Waals surface area contributed by atoms with Crippen LogP contribution < -0.4 is 5.56 Å². The number of nitrogens with zero attached hydrogens (tertiary/aromatic N) is 2. The van der Waals surface area contributed by atoms with Crippen LogP contribution in [0.5, 0.6) is 0 Å². The summed E-state index contributed by atoms with van der Waals surface area (Å²) >= 11 is 6.47. The summed E-state index contributed by atoms with van der Waals surface area (Å²) in [5.41, 5.74) is 0.922. The van der Waals surface area contributed by atoms with Crippen LogP contribution >= 0.6 is 11.6 Å². The first-order chi connectivity index (χ1) is 16.4. The van der Waals surface area contributed by atoms with Gasteiger partial charge in [-0.05, 0) is 42.0 Å². The van der Waals surface area contributed by atoms with Crippen LogP contribution in [0.1, 0.15) is 16.1 Å². The van der Waals surface area contributed by atoms with Crippen molar-refractivity contribution in [1.29, 1.82) is 0 Å². The summed E-state index contributed by atoms with van der Waals surface area (Å²) < 4.78 is 27.2. The van der Waals surface area contributed by atoms with E-state index >= 15 is 0 Å². The first kappa shape index (κ1) is 20.3.